The Balaban J connectivity index is 1.35. The first kappa shape index (κ1) is 17.6. The summed E-state index contributed by atoms with van der Waals surface area (Å²) in [5, 5.41) is 13.4. The van der Waals surface area contributed by atoms with Gasteiger partial charge in [-0.05, 0) is 49.4 Å². The molecule has 1 aromatic heterocycles. The van der Waals surface area contributed by atoms with E-state index < -0.39 is 0 Å². The quantitative estimate of drug-likeness (QED) is 0.713. The molecule has 0 radical (unpaired) electrons. The molecule has 4 rings (SSSR count). The third kappa shape index (κ3) is 4.29. The lowest BCUT2D eigenvalue weighted by Gasteiger charge is -2.19. The third-order valence-electron chi connectivity index (χ3n) is 3.91. The van der Waals surface area contributed by atoms with Crippen molar-refractivity contribution in [1.82, 2.24) is 10.2 Å². The predicted molar refractivity (Wildman–Crippen MR) is 103 cm³/mol. The van der Waals surface area contributed by atoms with Gasteiger partial charge in [0.15, 0.2) is 11.5 Å². The largest absolute Gasteiger partial charge is 0.486 e. The van der Waals surface area contributed by atoms with Crippen molar-refractivity contribution in [2.45, 2.75) is 6.92 Å². The zero-order chi connectivity index (χ0) is 19.3. The second kappa shape index (κ2) is 7.83. The van der Waals surface area contributed by atoms with E-state index in [-0.39, 0.29) is 6.03 Å². The Hall–Kier alpha value is -3.81. The van der Waals surface area contributed by atoms with E-state index in [1.54, 1.807) is 48.5 Å². The molecule has 0 atom stereocenters. The molecule has 0 saturated carbocycles. The Kier molecular flexibility index (Phi) is 4.92. The van der Waals surface area contributed by atoms with Crippen molar-refractivity contribution in [3.8, 4) is 23.1 Å². The fraction of sp³-hybridized carbons (Fsp3) is 0.150. The van der Waals surface area contributed by atoms with Crippen molar-refractivity contribution in [3.05, 3.63) is 60.3 Å². The number of urea groups is 1. The van der Waals surface area contributed by atoms with E-state index in [0.717, 1.165) is 5.69 Å². The summed E-state index contributed by atoms with van der Waals surface area (Å²) in [4.78, 5) is 12.2. The molecule has 8 nitrogen and oxygen atoms in total. The van der Waals surface area contributed by atoms with E-state index in [9.17, 15) is 4.79 Å². The highest BCUT2D eigenvalue weighted by Gasteiger charge is 2.13. The van der Waals surface area contributed by atoms with Crippen molar-refractivity contribution < 1.29 is 19.0 Å². The molecule has 2 heterocycles. The molecule has 1 aliphatic heterocycles. The highest BCUT2D eigenvalue weighted by atomic mass is 16.6. The minimum atomic E-state index is -0.366. The summed E-state index contributed by atoms with van der Waals surface area (Å²) >= 11 is 0. The number of nitrogens with one attached hydrogen (secondary N) is 2. The number of fused-ring (bicyclic) bond motifs is 1. The number of carbonyl (C=O) groups excluding carboxylic acids is 1. The monoisotopic (exact) mass is 378 g/mol. The molecule has 0 aliphatic carbocycles. The Morgan fingerprint density at radius 2 is 1.61 bits per heavy atom. The Labute approximate surface area is 161 Å². The Morgan fingerprint density at radius 3 is 2.36 bits per heavy atom. The number of nitrogens with zero attached hydrogens (tertiary/aromatic N) is 2. The minimum Gasteiger partial charge on any atom is -0.486 e. The SMILES string of the molecule is Cc1ccc(Oc2ccc(NC(=O)Nc3ccc4c(c3)OCCO4)cc2)nn1. The molecular formula is C20H18N4O4. The molecule has 2 amide bonds. The summed E-state index contributed by atoms with van der Waals surface area (Å²) < 4.78 is 16.6. The maximum atomic E-state index is 12.2. The standard InChI is InChI=1S/C20H18N4O4/c1-13-2-9-19(24-23-13)28-16-6-3-14(4-7-16)21-20(25)22-15-5-8-17-18(12-15)27-11-10-26-17/h2-9,12H,10-11H2,1H3,(H2,21,22,25). The number of benzene rings is 2. The zero-order valence-corrected chi connectivity index (χ0v) is 15.1. The molecule has 2 aromatic carbocycles. The fourth-order valence-electron chi connectivity index (χ4n) is 2.58. The summed E-state index contributed by atoms with van der Waals surface area (Å²) in [5.74, 6) is 2.29. The number of anilines is 2. The van der Waals surface area contributed by atoms with Gasteiger partial charge in [0.2, 0.25) is 5.88 Å². The molecule has 0 saturated heterocycles. The van der Waals surface area contributed by atoms with Gasteiger partial charge in [0.25, 0.3) is 0 Å². The summed E-state index contributed by atoms with van der Waals surface area (Å²) in [6.45, 7) is 2.87. The molecule has 1 aliphatic rings. The molecular weight excluding hydrogens is 360 g/mol. The molecule has 0 bridgehead atoms. The Bertz CT molecular complexity index is 975. The van der Waals surface area contributed by atoms with E-state index in [1.807, 2.05) is 13.0 Å². The Morgan fingerprint density at radius 1 is 0.893 bits per heavy atom. The van der Waals surface area contributed by atoms with Crippen molar-refractivity contribution in [2.75, 3.05) is 23.8 Å². The van der Waals surface area contributed by atoms with Crippen LogP contribution in [0.25, 0.3) is 0 Å². The van der Waals surface area contributed by atoms with Crippen LogP contribution in [-0.4, -0.2) is 29.4 Å². The van der Waals surface area contributed by atoms with Crippen LogP contribution in [-0.2, 0) is 0 Å². The van der Waals surface area contributed by atoms with Gasteiger partial charge >= 0.3 is 6.03 Å². The minimum absolute atomic E-state index is 0.366. The van der Waals surface area contributed by atoms with Gasteiger partial charge in [-0.3, -0.25) is 0 Å². The second-order valence-electron chi connectivity index (χ2n) is 6.08. The van der Waals surface area contributed by atoms with Crippen LogP contribution in [0, 0.1) is 6.92 Å². The van der Waals surface area contributed by atoms with E-state index in [0.29, 0.717) is 47.7 Å². The van der Waals surface area contributed by atoms with Gasteiger partial charge in [0.1, 0.15) is 19.0 Å². The second-order valence-corrected chi connectivity index (χ2v) is 6.08. The van der Waals surface area contributed by atoms with Crippen LogP contribution in [0.5, 0.6) is 23.1 Å². The number of carbonyl (C=O) groups is 1. The van der Waals surface area contributed by atoms with E-state index in [2.05, 4.69) is 20.8 Å². The van der Waals surface area contributed by atoms with Crippen molar-refractivity contribution in [2.24, 2.45) is 0 Å². The van der Waals surface area contributed by atoms with Gasteiger partial charge in [-0.1, -0.05) is 0 Å². The van der Waals surface area contributed by atoms with E-state index in [1.165, 1.54) is 0 Å². The number of ether oxygens (including phenoxy) is 3. The molecule has 28 heavy (non-hydrogen) atoms. The van der Waals surface area contributed by atoms with Crippen LogP contribution in [0.2, 0.25) is 0 Å². The lowest BCUT2D eigenvalue weighted by molar-refractivity contribution is 0.171. The predicted octanol–water partition coefficient (Wildman–Crippen LogP) is 3.99. The van der Waals surface area contributed by atoms with Crippen LogP contribution in [0.15, 0.2) is 54.6 Å². The van der Waals surface area contributed by atoms with Crippen LogP contribution in [0.3, 0.4) is 0 Å². The number of hydrogen-bond acceptors (Lipinski definition) is 6. The molecule has 0 spiro atoms. The summed E-state index contributed by atoms with van der Waals surface area (Å²) in [6, 6.07) is 15.4. The van der Waals surface area contributed by atoms with Gasteiger partial charge < -0.3 is 24.8 Å². The summed E-state index contributed by atoms with van der Waals surface area (Å²) in [7, 11) is 0. The molecule has 8 heteroatoms. The average molecular weight is 378 g/mol. The fourth-order valence-corrected chi connectivity index (χ4v) is 2.58. The first-order valence-corrected chi connectivity index (χ1v) is 8.72. The normalized spacial score (nSPS) is 12.2. The smallest absolute Gasteiger partial charge is 0.323 e. The first-order valence-electron chi connectivity index (χ1n) is 8.72. The lowest BCUT2D eigenvalue weighted by atomic mass is 10.2. The van der Waals surface area contributed by atoms with Gasteiger partial charge in [-0.2, -0.15) is 5.10 Å². The number of rotatable bonds is 4. The van der Waals surface area contributed by atoms with Gasteiger partial charge in [-0.25, -0.2) is 4.79 Å². The lowest BCUT2D eigenvalue weighted by Crippen LogP contribution is -2.20. The van der Waals surface area contributed by atoms with Crippen molar-refractivity contribution in [1.29, 1.82) is 0 Å². The molecule has 0 unspecified atom stereocenters. The summed E-state index contributed by atoms with van der Waals surface area (Å²) in [5.41, 5.74) is 2.05. The highest BCUT2D eigenvalue weighted by Crippen LogP contribution is 2.32. The van der Waals surface area contributed by atoms with Gasteiger partial charge in [-0.15, -0.1) is 5.10 Å². The van der Waals surface area contributed by atoms with Crippen molar-refractivity contribution in [3.63, 3.8) is 0 Å². The molecule has 0 fully saturated rings. The third-order valence-corrected chi connectivity index (χ3v) is 3.91. The van der Waals surface area contributed by atoms with Crippen LogP contribution < -0.4 is 24.8 Å². The van der Waals surface area contributed by atoms with Gasteiger partial charge in [0, 0.05) is 23.5 Å². The van der Waals surface area contributed by atoms with E-state index in [4.69, 9.17) is 14.2 Å². The molecule has 2 N–H and O–H groups in total. The highest BCUT2D eigenvalue weighted by molar-refractivity contribution is 5.99. The number of aromatic nitrogens is 2. The first-order chi connectivity index (χ1) is 13.7. The van der Waals surface area contributed by atoms with Crippen LogP contribution in [0.4, 0.5) is 16.2 Å². The van der Waals surface area contributed by atoms with E-state index >= 15 is 0 Å². The topological polar surface area (TPSA) is 94.6 Å². The number of hydrogen-bond donors (Lipinski definition) is 2. The zero-order valence-electron chi connectivity index (χ0n) is 15.1. The summed E-state index contributed by atoms with van der Waals surface area (Å²) in [6.07, 6.45) is 0. The van der Waals surface area contributed by atoms with Crippen LogP contribution in [0.1, 0.15) is 5.69 Å². The molecule has 3 aromatic rings. The van der Waals surface area contributed by atoms with Crippen molar-refractivity contribution >= 4 is 17.4 Å². The molecule has 142 valence electrons. The maximum Gasteiger partial charge on any atom is 0.323 e. The number of amides is 2. The maximum absolute atomic E-state index is 12.2. The average Bonchev–Trinajstić information content (AvgIpc) is 2.71. The van der Waals surface area contributed by atoms with Gasteiger partial charge in [0.05, 0.1) is 5.69 Å². The number of aryl methyl sites for hydroxylation is 1. The van der Waals surface area contributed by atoms with Crippen LogP contribution >= 0.6 is 0 Å².